The van der Waals surface area contributed by atoms with Gasteiger partial charge in [0.25, 0.3) is 11.4 Å². The lowest BCUT2D eigenvalue weighted by molar-refractivity contribution is -0.385. The summed E-state index contributed by atoms with van der Waals surface area (Å²) in [5.74, 6) is 0.857. The zero-order valence-corrected chi connectivity index (χ0v) is 32.3. The van der Waals surface area contributed by atoms with E-state index in [4.69, 9.17) is 24.2 Å². The van der Waals surface area contributed by atoms with Crippen molar-refractivity contribution in [3.63, 3.8) is 0 Å². The van der Waals surface area contributed by atoms with E-state index in [-0.39, 0.29) is 66.7 Å². The maximum Gasteiger partial charge on any atom is 0.273 e. The average molecular weight is 788 g/mol. The summed E-state index contributed by atoms with van der Waals surface area (Å²) in [6.45, 7) is 6.61. The van der Waals surface area contributed by atoms with Gasteiger partial charge in [0.1, 0.15) is 23.9 Å². The van der Waals surface area contributed by atoms with Gasteiger partial charge in [0, 0.05) is 49.3 Å². The molecular formula is C42H49N3O10S. The summed E-state index contributed by atoms with van der Waals surface area (Å²) in [5, 5.41) is 46.9. The number of oxime groups is 1. The molecule has 6 unspecified atom stereocenters. The number of benzene rings is 3. The number of fused-ring (bicyclic) bond motifs is 2. The normalized spacial score (nSPS) is 24.3. The Morgan fingerprint density at radius 3 is 2.39 bits per heavy atom. The van der Waals surface area contributed by atoms with E-state index in [2.05, 4.69) is 19.6 Å². The van der Waals surface area contributed by atoms with Gasteiger partial charge < -0.3 is 29.3 Å². The molecule has 2 N–H and O–H groups in total. The fourth-order valence-corrected chi connectivity index (χ4v) is 9.61. The molecular weight excluding hydrogens is 739 g/mol. The highest BCUT2D eigenvalue weighted by molar-refractivity contribution is 8.00. The minimum absolute atomic E-state index is 0.00181. The molecule has 56 heavy (non-hydrogen) atoms. The molecule has 0 spiro atoms. The topological polar surface area (TPSA) is 176 Å². The molecule has 0 saturated heterocycles. The molecule has 6 atom stereocenters. The van der Waals surface area contributed by atoms with Crippen LogP contribution in [0.3, 0.4) is 0 Å². The van der Waals surface area contributed by atoms with Crippen LogP contribution in [0.1, 0.15) is 68.9 Å². The molecule has 1 heterocycles. The third-order valence-electron chi connectivity index (χ3n) is 10.8. The van der Waals surface area contributed by atoms with Crippen molar-refractivity contribution in [3.05, 3.63) is 122 Å². The summed E-state index contributed by atoms with van der Waals surface area (Å²) >= 11 is 1.74. The van der Waals surface area contributed by atoms with Crippen LogP contribution in [0.4, 0.5) is 11.4 Å². The molecule has 3 aromatic carbocycles. The zero-order chi connectivity index (χ0) is 39.7. The van der Waals surface area contributed by atoms with E-state index in [0.717, 1.165) is 53.8 Å². The molecule has 1 saturated carbocycles. The van der Waals surface area contributed by atoms with Crippen LogP contribution in [0.5, 0.6) is 17.2 Å². The number of hydrogen-bond acceptors (Lipinski definition) is 12. The summed E-state index contributed by atoms with van der Waals surface area (Å²) in [7, 11) is 0. The van der Waals surface area contributed by atoms with Crippen LogP contribution in [-0.2, 0) is 16.2 Å². The number of non-ortho nitro benzene ring substituents is 2. The predicted octanol–water partition coefficient (Wildman–Crippen LogP) is 8.88. The zero-order valence-electron chi connectivity index (χ0n) is 31.5. The van der Waals surface area contributed by atoms with Gasteiger partial charge in [-0.15, -0.1) is 6.58 Å². The molecule has 0 bridgehead atoms. The van der Waals surface area contributed by atoms with Crippen molar-refractivity contribution in [2.75, 3.05) is 25.6 Å². The van der Waals surface area contributed by atoms with E-state index in [0.29, 0.717) is 36.5 Å². The Labute approximate surface area is 330 Å². The summed E-state index contributed by atoms with van der Waals surface area (Å²) in [4.78, 5) is 27.9. The van der Waals surface area contributed by atoms with Gasteiger partial charge in [-0.1, -0.05) is 43.1 Å². The van der Waals surface area contributed by atoms with Crippen LogP contribution in [0.25, 0.3) is 0 Å². The SMILES string of the molecule is C=CCOC12Oc3ccc(Oc4cccc([N+](=O)[O-])c4)cc3C3C(CCCCO)C(CCCCO)C=C(C(=NOCc4ccc([N+](=O)[O-])cc4)CC1SCC)C32. The second kappa shape index (κ2) is 18.9. The number of rotatable bonds is 20. The number of nitrogens with zero attached hydrogens (tertiary/aromatic N) is 3. The van der Waals surface area contributed by atoms with Crippen LogP contribution >= 0.6 is 11.8 Å². The Kier molecular flexibility index (Phi) is 13.8. The number of aliphatic hydroxyl groups excluding tert-OH is 2. The highest BCUT2D eigenvalue weighted by Crippen LogP contribution is 2.62. The first-order valence-corrected chi connectivity index (χ1v) is 20.3. The number of unbranched alkanes of at least 4 members (excludes halogenated alkanes) is 2. The fourth-order valence-electron chi connectivity index (χ4n) is 8.44. The maximum atomic E-state index is 11.5. The number of hydrogen-bond donors (Lipinski definition) is 2. The van der Waals surface area contributed by atoms with E-state index in [9.17, 15) is 30.4 Å². The van der Waals surface area contributed by atoms with E-state index in [1.807, 2.05) is 18.2 Å². The lowest BCUT2D eigenvalue weighted by Crippen LogP contribution is -2.64. The Bertz CT molecular complexity index is 1920. The minimum Gasteiger partial charge on any atom is -0.460 e. The van der Waals surface area contributed by atoms with Gasteiger partial charge >= 0.3 is 0 Å². The number of allylic oxidation sites excluding steroid dienone is 1. The first-order valence-electron chi connectivity index (χ1n) is 19.2. The highest BCUT2D eigenvalue weighted by Gasteiger charge is 2.63. The third kappa shape index (κ3) is 8.94. The maximum absolute atomic E-state index is 11.5. The van der Waals surface area contributed by atoms with Crippen molar-refractivity contribution in [1.82, 2.24) is 0 Å². The van der Waals surface area contributed by atoms with Crippen molar-refractivity contribution in [3.8, 4) is 17.2 Å². The van der Waals surface area contributed by atoms with Crippen LogP contribution in [0, 0.1) is 38.0 Å². The van der Waals surface area contributed by atoms with E-state index in [1.165, 1.54) is 24.3 Å². The molecule has 298 valence electrons. The van der Waals surface area contributed by atoms with Crippen molar-refractivity contribution in [2.45, 2.75) is 75.4 Å². The van der Waals surface area contributed by atoms with Crippen molar-refractivity contribution in [1.29, 1.82) is 0 Å². The van der Waals surface area contributed by atoms with Crippen molar-refractivity contribution >= 4 is 28.8 Å². The van der Waals surface area contributed by atoms with E-state index in [1.54, 1.807) is 42.1 Å². The first kappa shape index (κ1) is 40.9. The van der Waals surface area contributed by atoms with E-state index < -0.39 is 15.6 Å². The quantitative estimate of drug-likeness (QED) is 0.0484. The molecule has 3 aliphatic rings. The van der Waals surface area contributed by atoms with Crippen molar-refractivity contribution in [2.24, 2.45) is 22.9 Å². The Balaban J connectivity index is 1.48. The lowest BCUT2D eigenvalue weighted by Gasteiger charge is -2.58. The van der Waals surface area contributed by atoms with Gasteiger partial charge in [-0.25, -0.2) is 0 Å². The molecule has 14 heteroatoms. The minimum atomic E-state index is -1.11. The molecule has 1 aliphatic heterocycles. The molecule has 0 aromatic heterocycles. The van der Waals surface area contributed by atoms with Crippen molar-refractivity contribution < 1.29 is 39.1 Å². The smallest absolute Gasteiger partial charge is 0.273 e. The second-order valence-electron chi connectivity index (χ2n) is 14.3. The van der Waals surface area contributed by atoms with Gasteiger partial charge in [0.2, 0.25) is 5.79 Å². The highest BCUT2D eigenvalue weighted by atomic mass is 32.2. The van der Waals surface area contributed by atoms with Crippen LogP contribution in [0.2, 0.25) is 0 Å². The molecule has 0 radical (unpaired) electrons. The van der Waals surface area contributed by atoms with Crippen LogP contribution < -0.4 is 9.47 Å². The first-order chi connectivity index (χ1) is 27.2. The Morgan fingerprint density at radius 1 is 0.964 bits per heavy atom. The number of aliphatic hydroxyl groups is 2. The number of thioether (sulfide) groups is 1. The molecule has 13 nitrogen and oxygen atoms in total. The molecule has 0 amide bonds. The summed E-state index contributed by atoms with van der Waals surface area (Å²) in [5.41, 5.74) is 3.34. The lowest BCUT2D eigenvalue weighted by atomic mass is 9.56. The summed E-state index contributed by atoms with van der Waals surface area (Å²) in [6, 6.07) is 18.0. The van der Waals surface area contributed by atoms with Gasteiger partial charge in [0.05, 0.1) is 39.4 Å². The standard InChI is InChI=1S/C42H49N3O10S/c1-3-22-52-42-39(56-4-2)26-37(43-53-27-28-14-16-30(17-15-28)44(48)49)35-23-29(10-5-7-20-46)34(13-6-8-21-47)40(41(35)42)36-25-33(18-19-38(36)55-42)54-32-12-9-11-31(24-32)45(50)51/h3,9,11-12,14-19,23-25,29,34,39-41,46-47H,1,4-8,10,13,20-22,26-27H2,2H3. The Morgan fingerprint density at radius 2 is 1.70 bits per heavy atom. The molecule has 2 aliphatic carbocycles. The van der Waals surface area contributed by atoms with Gasteiger partial charge in [-0.2, -0.15) is 11.8 Å². The van der Waals surface area contributed by atoms with E-state index >= 15 is 0 Å². The predicted molar refractivity (Wildman–Crippen MR) is 214 cm³/mol. The summed E-state index contributed by atoms with van der Waals surface area (Å²) < 4.78 is 20.3. The van der Waals surface area contributed by atoms with Gasteiger partial charge in [-0.3, -0.25) is 20.2 Å². The monoisotopic (exact) mass is 787 g/mol. The fraction of sp³-hybridized carbons (Fsp3) is 0.452. The average Bonchev–Trinajstić information content (AvgIpc) is 3.19. The molecule has 1 fully saturated rings. The third-order valence-corrected chi connectivity index (χ3v) is 12.0. The largest absolute Gasteiger partial charge is 0.460 e. The number of ether oxygens (including phenoxy) is 3. The van der Waals surface area contributed by atoms with Crippen LogP contribution in [-0.4, -0.2) is 62.4 Å². The molecule has 6 rings (SSSR count). The summed E-state index contributed by atoms with van der Waals surface area (Å²) in [6.07, 6.45) is 9.11. The number of nitro benzene ring substituents is 2. The Hall–Kier alpha value is -4.76. The van der Waals surface area contributed by atoms with Gasteiger partial charge in [-0.05, 0) is 90.8 Å². The molecule has 3 aromatic rings. The van der Waals surface area contributed by atoms with Gasteiger partial charge in [0.15, 0.2) is 0 Å². The van der Waals surface area contributed by atoms with Crippen LogP contribution in [0.15, 0.2) is 96.2 Å². The number of nitro groups is 2. The second-order valence-corrected chi connectivity index (χ2v) is 15.7.